The Bertz CT molecular complexity index is 792. The summed E-state index contributed by atoms with van der Waals surface area (Å²) in [6.45, 7) is 0.685. The third-order valence-electron chi connectivity index (χ3n) is 3.79. The van der Waals surface area contributed by atoms with E-state index in [-0.39, 0.29) is 0 Å². The lowest BCUT2D eigenvalue weighted by Gasteiger charge is -2.05. The van der Waals surface area contributed by atoms with Gasteiger partial charge in [-0.25, -0.2) is 9.97 Å². The van der Waals surface area contributed by atoms with Gasteiger partial charge in [0.2, 0.25) is 0 Å². The quantitative estimate of drug-likeness (QED) is 0.729. The molecule has 0 spiro atoms. The largest absolute Gasteiger partial charge is 0.377 e. The molecular weight excluding hydrogens is 328 g/mol. The van der Waals surface area contributed by atoms with E-state index < -0.39 is 0 Å². The van der Waals surface area contributed by atoms with Crippen LogP contribution in [0.5, 0.6) is 0 Å². The third kappa shape index (κ3) is 2.65. The van der Waals surface area contributed by atoms with E-state index in [0.29, 0.717) is 6.54 Å². The lowest BCUT2D eigenvalue weighted by atomic mass is 10.2. The fraction of sp³-hybridized carbons (Fsp3) is 0.250. The van der Waals surface area contributed by atoms with Crippen LogP contribution in [0, 0.1) is 0 Å². The predicted molar refractivity (Wildman–Crippen MR) is 86.4 cm³/mol. The molecule has 1 saturated carbocycles. The fourth-order valence-corrected chi connectivity index (χ4v) is 2.90. The molecular formula is C16H15BrN4. The number of imidazole rings is 1. The maximum absolute atomic E-state index is 4.64. The molecule has 1 N–H and O–H groups in total. The van der Waals surface area contributed by atoms with E-state index in [9.17, 15) is 0 Å². The summed E-state index contributed by atoms with van der Waals surface area (Å²) >= 11 is 3.44. The van der Waals surface area contributed by atoms with Gasteiger partial charge >= 0.3 is 0 Å². The Labute approximate surface area is 131 Å². The van der Waals surface area contributed by atoms with Crippen molar-refractivity contribution in [1.82, 2.24) is 14.4 Å². The summed E-state index contributed by atoms with van der Waals surface area (Å²) in [5.41, 5.74) is 4.43. The second-order valence-corrected chi connectivity index (χ2v) is 6.18. The summed E-state index contributed by atoms with van der Waals surface area (Å²) in [4.78, 5) is 8.84. The first kappa shape index (κ1) is 12.8. The average molecular weight is 343 g/mol. The molecule has 5 heteroatoms. The van der Waals surface area contributed by atoms with Crippen LogP contribution in [0.3, 0.4) is 0 Å². The number of anilines is 1. The van der Waals surface area contributed by atoms with E-state index in [2.05, 4.69) is 60.1 Å². The molecule has 3 aromatic heterocycles. The van der Waals surface area contributed by atoms with Crippen LogP contribution < -0.4 is 5.32 Å². The van der Waals surface area contributed by atoms with Crippen molar-refractivity contribution in [3.05, 3.63) is 58.7 Å². The minimum atomic E-state index is 0.685. The first-order chi connectivity index (χ1) is 10.3. The van der Waals surface area contributed by atoms with E-state index in [1.54, 1.807) is 6.20 Å². The molecule has 21 heavy (non-hydrogen) atoms. The van der Waals surface area contributed by atoms with Gasteiger partial charge < -0.3 is 9.72 Å². The predicted octanol–water partition coefficient (Wildman–Crippen LogP) is 3.98. The van der Waals surface area contributed by atoms with Gasteiger partial charge in [0.1, 0.15) is 10.3 Å². The second kappa shape index (κ2) is 5.15. The zero-order valence-electron chi connectivity index (χ0n) is 11.5. The summed E-state index contributed by atoms with van der Waals surface area (Å²) in [7, 11) is 0. The molecule has 3 aromatic rings. The fourth-order valence-electron chi connectivity index (χ4n) is 2.51. The molecule has 0 unspecified atom stereocenters. The van der Waals surface area contributed by atoms with Gasteiger partial charge in [-0.3, -0.25) is 0 Å². The van der Waals surface area contributed by atoms with Crippen LogP contribution in [-0.2, 0) is 6.54 Å². The molecule has 1 aliphatic carbocycles. The number of rotatable bonds is 4. The molecule has 4 nitrogen and oxygen atoms in total. The van der Waals surface area contributed by atoms with Gasteiger partial charge in [0, 0.05) is 18.6 Å². The minimum absolute atomic E-state index is 0.685. The molecule has 106 valence electrons. The van der Waals surface area contributed by atoms with Crippen molar-refractivity contribution < 1.29 is 0 Å². The maximum Gasteiger partial charge on any atom is 0.137 e. The Morgan fingerprint density at radius 1 is 1.24 bits per heavy atom. The van der Waals surface area contributed by atoms with Crippen molar-refractivity contribution >= 4 is 27.3 Å². The Hall–Kier alpha value is -1.88. The van der Waals surface area contributed by atoms with Crippen LogP contribution in [0.25, 0.3) is 5.65 Å². The summed E-state index contributed by atoms with van der Waals surface area (Å²) in [6, 6.07) is 8.23. The van der Waals surface area contributed by atoms with Crippen molar-refractivity contribution in [1.29, 1.82) is 0 Å². The molecule has 0 bridgehead atoms. The topological polar surface area (TPSA) is 42.2 Å². The van der Waals surface area contributed by atoms with E-state index in [1.807, 2.05) is 12.1 Å². The molecule has 1 fully saturated rings. The highest BCUT2D eigenvalue weighted by Crippen LogP contribution is 2.39. The van der Waals surface area contributed by atoms with Gasteiger partial charge in [0.25, 0.3) is 0 Å². The molecule has 0 radical (unpaired) electrons. The number of fused-ring (bicyclic) bond motifs is 1. The maximum atomic E-state index is 4.64. The average Bonchev–Trinajstić information content (AvgIpc) is 3.26. The van der Waals surface area contributed by atoms with Crippen molar-refractivity contribution in [3.8, 4) is 0 Å². The number of pyridine rings is 2. The van der Waals surface area contributed by atoms with Gasteiger partial charge in [-0.1, -0.05) is 6.07 Å². The smallest absolute Gasteiger partial charge is 0.137 e. The summed E-state index contributed by atoms with van der Waals surface area (Å²) in [5.74, 6) is 0.768. The van der Waals surface area contributed by atoms with E-state index in [4.69, 9.17) is 0 Å². The lowest BCUT2D eigenvalue weighted by molar-refractivity contribution is 1.05. The van der Waals surface area contributed by atoms with Crippen molar-refractivity contribution in [2.75, 3.05) is 5.32 Å². The monoisotopic (exact) mass is 342 g/mol. The number of nitrogens with zero attached hydrogens (tertiary/aromatic N) is 3. The zero-order chi connectivity index (χ0) is 14.2. The molecule has 0 aliphatic heterocycles. The SMILES string of the molecule is Brc1ncccc1NCc1cn2cc(C3CC3)ccc2n1. The number of aromatic nitrogens is 3. The van der Waals surface area contributed by atoms with Gasteiger partial charge in [-0.15, -0.1) is 0 Å². The van der Waals surface area contributed by atoms with E-state index in [1.165, 1.54) is 18.4 Å². The molecule has 4 rings (SSSR count). The van der Waals surface area contributed by atoms with Crippen LogP contribution in [0.2, 0.25) is 0 Å². The lowest BCUT2D eigenvalue weighted by Crippen LogP contribution is -2.00. The number of nitrogens with one attached hydrogen (secondary N) is 1. The van der Waals surface area contributed by atoms with E-state index >= 15 is 0 Å². The van der Waals surface area contributed by atoms with Crippen molar-refractivity contribution in [2.45, 2.75) is 25.3 Å². The zero-order valence-corrected chi connectivity index (χ0v) is 13.0. The Balaban J connectivity index is 1.55. The summed E-state index contributed by atoms with van der Waals surface area (Å²) in [5, 5.41) is 3.35. The second-order valence-electron chi connectivity index (χ2n) is 5.43. The molecule has 3 heterocycles. The highest BCUT2D eigenvalue weighted by molar-refractivity contribution is 9.10. The van der Waals surface area contributed by atoms with Crippen molar-refractivity contribution in [2.24, 2.45) is 0 Å². The molecule has 0 aromatic carbocycles. The Morgan fingerprint density at radius 3 is 2.95 bits per heavy atom. The number of halogens is 1. The van der Waals surface area contributed by atoms with Gasteiger partial charge in [0.15, 0.2) is 0 Å². The van der Waals surface area contributed by atoms with Crippen LogP contribution in [0.15, 0.2) is 47.5 Å². The molecule has 0 saturated heterocycles. The summed E-state index contributed by atoms with van der Waals surface area (Å²) < 4.78 is 2.95. The van der Waals surface area contributed by atoms with Crippen LogP contribution in [0.4, 0.5) is 5.69 Å². The standard InChI is InChI=1S/C16H15BrN4/c17-16-14(2-1-7-18-16)19-8-13-10-21-9-12(11-3-4-11)5-6-15(21)20-13/h1-2,5-7,9-11,19H,3-4,8H2. The third-order valence-corrected chi connectivity index (χ3v) is 4.42. The van der Waals surface area contributed by atoms with E-state index in [0.717, 1.165) is 27.5 Å². The number of hydrogen-bond donors (Lipinski definition) is 1. The molecule has 1 aliphatic rings. The highest BCUT2D eigenvalue weighted by Gasteiger charge is 2.23. The Kier molecular flexibility index (Phi) is 3.15. The molecule has 0 amide bonds. The Morgan fingerprint density at radius 2 is 2.14 bits per heavy atom. The highest BCUT2D eigenvalue weighted by atomic mass is 79.9. The van der Waals surface area contributed by atoms with Crippen LogP contribution in [-0.4, -0.2) is 14.4 Å². The van der Waals surface area contributed by atoms with Crippen molar-refractivity contribution in [3.63, 3.8) is 0 Å². The number of hydrogen-bond acceptors (Lipinski definition) is 3. The summed E-state index contributed by atoms with van der Waals surface area (Å²) in [6.07, 6.45) is 8.72. The molecule has 0 atom stereocenters. The van der Waals surface area contributed by atoms with Gasteiger partial charge in [-0.2, -0.15) is 0 Å². The van der Waals surface area contributed by atoms with Gasteiger partial charge in [-0.05, 0) is 58.5 Å². The minimum Gasteiger partial charge on any atom is -0.377 e. The normalized spacial score (nSPS) is 14.5. The first-order valence-electron chi connectivity index (χ1n) is 7.11. The van der Waals surface area contributed by atoms with Crippen LogP contribution >= 0.6 is 15.9 Å². The first-order valence-corrected chi connectivity index (χ1v) is 7.91. The van der Waals surface area contributed by atoms with Gasteiger partial charge in [0.05, 0.1) is 17.9 Å². The van der Waals surface area contributed by atoms with Crippen LogP contribution in [0.1, 0.15) is 30.0 Å².